The molecule has 2 aliphatic rings. The summed E-state index contributed by atoms with van der Waals surface area (Å²) in [5.74, 6) is -0.277. The molecule has 0 unspecified atom stereocenters. The number of anilines is 2. The second-order valence-electron chi connectivity index (χ2n) is 13.4. The van der Waals surface area contributed by atoms with Crippen molar-refractivity contribution in [1.82, 2.24) is 15.1 Å². The number of para-hydroxylation sites is 2. The van der Waals surface area contributed by atoms with E-state index in [2.05, 4.69) is 50.8 Å². The second-order valence-corrected chi connectivity index (χ2v) is 13.4. The maximum absolute atomic E-state index is 12.5. The van der Waals surface area contributed by atoms with E-state index in [1.54, 1.807) is 12.1 Å². The van der Waals surface area contributed by atoms with E-state index >= 15 is 0 Å². The number of benzene rings is 4. The quantitative estimate of drug-likeness (QED) is 0.127. The van der Waals surface area contributed by atoms with Crippen molar-refractivity contribution in [3.8, 4) is 0 Å². The number of carbonyl (C=O) groups is 2. The molecule has 4 aromatic rings. The summed E-state index contributed by atoms with van der Waals surface area (Å²) in [6.07, 6.45) is 0.968. The summed E-state index contributed by atoms with van der Waals surface area (Å²) in [5.41, 5.74) is 12.1. The zero-order valence-electron chi connectivity index (χ0n) is 29.1. The zero-order chi connectivity index (χ0) is 35.4. The normalized spacial score (nSPS) is 19.7. The van der Waals surface area contributed by atoms with E-state index in [-0.39, 0.29) is 43.5 Å². The molecular weight excluding hydrogens is 642 g/mol. The van der Waals surface area contributed by atoms with Crippen LogP contribution in [0.4, 0.5) is 11.4 Å². The van der Waals surface area contributed by atoms with E-state index in [9.17, 15) is 14.7 Å². The Morgan fingerprint density at radius 3 is 2.10 bits per heavy atom. The molecule has 268 valence electrons. The Morgan fingerprint density at radius 1 is 0.725 bits per heavy atom. The number of nitrogens with one attached hydrogen (secondary N) is 2. The Hall–Kier alpha value is -4.58. The van der Waals surface area contributed by atoms with Crippen molar-refractivity contribution in [1.29, 1.82) is 0 Å². The summed E-state index contributed by atoms with van der Waals surface area (Å²) in [4.78, 5) is 29.8. The number of ether oxygens (including phenoxy) is 2. The first-order valence-corrected chi connectivity index (χ1v) is 17.9. The van der Waals surface area contributed by atoms with Gasteiger partial charge in [0.15, 0.2) is 6.29 Å². The molecule has 0 radical (unpaired) electrons. The van der Waals surface area contributed by atoms with Crippen LogP contribution < -0.4 is 16.4 Å². The highest BCUT2D eigenvalue weighted by atomic mass is 16.7. The molecule has 6 rings (SSSR count). The van der Waals surface area contributed by atoms with E-state index in [4.69, 9.17) is 15.2 Å². The summed E-state index contributed by atoms with van der Waals surface area (Å²) < 4.78 is 13.2. The van der Waals surface area contributed by atoms with Crippen molar-refractivity contribution in [2.45, 2.75) is 63.9 Å². The molecule has 2 aliphatic heterocycles. The van der Waals surface area contributed by atoms with Crippen molar-refractivity contribution >= 4 is 23.2 Å². The summed E-state index contributed by atoms with van der Waals surface area (Å²) in [7, 11) is 0. The number of hydrogen-bond donors (Lipinski definition) is 4. The molecule has 2 saturated heterocycles. The highest BCUT2D eigenvalue weighted by Gasteiger charge is 2.33. The van der Waals surface area contributed by atoms with Crippen molar-refractivity contribution in [2.75, 3.05) is 43.8 Å². The first-order valence-electron chi connectivity index (χ1n) is 17.9. The third-order valence-corrected chi connectivity index (χ3v) is 9.57. The van der Waals surface area contributed by atoms with Crippen LogP contribution in [-0.4, -0.2) is 65.5 Å². The predicted molar refractivity (Wildman–Crippen MR) is 198 cm³/mol. The van der Waals surface area contributed by atoms with Crippen LogP contribution in [0.15, 0.2) is 103 Å². The number of nitrogens with two attached hydrogens (primary N) is 1. The SMILES string of the molecule is Nc1ccccc1NC(=O)CCCC(=O)NCc1ccc([C@@H]2O[C@H](CN3CCN(Cc4ccccc4)CC3)C[C@H](c3ccc(CO)cc3)O2)cc1. The minimum Gasteiger partial charge on any atom is -0.397 e. The monoisotopic (exact) mass is 691 g/mol. The standard InChI is InChI=1S/C41H49N5O5/c42-36-9-4-5-10-37(36)44-40(49)12-6-11-39(48)43-26-30-13-19-34(20-14-30)41-50-35(25-38(51-41)33-17-15-32(29-47)16-18-33)28-46-23-21-45(22-24-46)27-31-7-2-1-3-8-31/h1-5,7-10,13-20,35,38,41,47H,6,11-12,21-29,42H2,(H,43,48)(H,44,49)/t35-,38+,41+/m0/s1. The first kappa shape index (κ1) is 36.2. The molecule has 3 atom stereocenters. The van der Waals surface area contributed by atoms with Gasteiger partial charge in [-0.25, -0.2) is 0 Å². The van der Waals surface area contributed by atoms with Gasteiger partial charge in [-0.2, -0.15) is 0 Å². The molecule has 0 spiro atoms. The van der Waals surface area contributed by atoms with Gasteiger partial charge in [0, 0.05) is 70.6 Å². The predicted octanol–water partition coefficient (Wildman–Crippen LogP) is 5.55. The molecular formula is C41H49N5O5. The molecule has 10 nitrogen and oxygen atoms in total. The number of piperazine rings is 1. The molecule has 0 aliphatic carbocycles. The maximum atomic E-state index is 12.5. The van der Waals surface area contributed by atoms with Gasteiger partial charge in [-0.1, -0.05) is 91.0 Å². The lowest BCUT2D eigenvalue weighted by molar-refractivity contribution is -0.253. The Labute approximate surface area is 300 Å². The fraction of sp³-hybridized carbons (Fsp3) is 0.366. The third-order valence-electron chi connectivity index (χ3n) is 9.57. The highest BCUT2D eigenvalue weighted by Crippen LogP contribution is 2.38. The second kappa shape index (κ2) is 18.1. The summed E-state index contributed by atoms with van der Waals surface area (Å²) in [6.45, 7) is 6.21. The molecule has 0 saturated carbocycles. The van der Waals surface area contributed by atoms with Gasteiger partial charge in [0.05, 0.1) is 30.2 Å². The van der Waals surface area contributed by atoms with Crippen LogP contribution in [0.3, 0.4) is 0 Å². The minimum atomic E-state index is -0.535. The van der Waals surface area contributed by atoms with E-state index < -0.39 is 6.29 Å². The number of carbonyl (C=O) groups excluding carboxylic acids is 2. The van der Waals surface area contributed by atoms with Crippen LogP contribution in [0.25, 0.3) is 0 Å². The largest absolute Gasteiger partial charge is 0.397 e. The first-order chi connectivity index (χ1) is 24.9. The lowest BCUT2D eigenvalue weighted by Gasteiger charge is -2.40. The average Bonchev–Trinajstić information content (AvgIpc) is 3.16. The fourth-order valence-corrected chi connectivity index (χ4v) is 6.61. The Morgan fingerprint density at radius 2 is 1.37 bits per heavy atom. The van der Waals surface area contributed by atoms with Gasteiger partial charge >= 0.3 is 0 Å². The number of nitrogens with zero attached hydrogens (tertiary/aromatic N) is 2. The molecule has 2 heterocycles. The third kappa shape index (κ3) is 10.7. The van der Waals surface area contributed by atoms with Crippen LogP contribution in [0, 0.1) is 0 Å². The Bertz CT molecular complexity index is 1690. The highest BCUT2D eigenvalue weighted by molar-refractivity contribution is 5.93. The smallest absolute Gasteiger partial charge is 0.224 e. The fourth-order valence-electron chi connectivity index (χ4n) is 6.61. The van der Waals surface area contributed by atoms with Crippen LogP contribution in [0.2, 0.25) is 0 Å². The van der Waals surface area contributed by atoms with Crippen LogP contribution >= 0.6 is 0 Å². The molecule has 10 heteroatoms. The lowest BCUT2D eigenvalue weighted by Crippen LogP contribution is -2.49. The lowest BCUT2D eigenvalue weighted by atomic mass is 9.99. The molecule has 2 amide bonds. The molecule has 0 bridgehead atoms. The van der Waals surface area contributed by atoms with Gasteiger partial charge in [0.2, 0.25) is 11.8 Å². The number of hydrogen-bond acceptors (Lipinski definition) is 8. The van der Waals surface area contributed by atoms with Gasteiger partial charge in [-0.05, 0) is 40.8 Å². The van der Waals surface area contributed by atoms with E-state index in [0.717, 1.165) is 67.9 Å². The Balaban J connectivity index is 1.00. The maximum Gasteiger partial charge on any atom is 0.224 e. The van der Waals surface area contributed by atoms with Crippen molar-refractivity contribution in [3.05, 3.63) is 131 Å². The van der Waals surface area contributed by atoms with Crippen molar-refractivity contribution in [3.63, 3.8) is 0 Å². The molecule has 0 aromatic heterocycles. The topological polar surface area (TPSA) is 129 Å². The number of aliphatic hydroxyl groups is 1. The molecule has 5 N–H and O–H groups in total. The van der Waals surface area contributed by atoms with E-state index in [1.165, 1.54) is 5.56 Å². The summed E-state index contributed by atoms with van der Waals surface area (Å²) >= 11 is 0. The molecule has 4 aromatic carbocycles. The van der Waals surface area contributed by atoms with Crippen molar-refractivity contribution in [2.24, 2.45) is 0 Å². The molecule has 51 heavy (non-hydrogen) atoms. The van der Waals surface area contributed by atoms with Gasteiger partial charge in [-0.3, -0.25) is 19.4 Å². The summed E-state index contributed by atoms with van der Waals surface area (Å²) in [6, 6.07) is 33.7. The van der Waals surface area contributed by atoms with Gasteiger partial charge in [-0.15, -0.1) is 0 Å². The van der Waals surface area contributed by atoms with Crippen LogP contribution in [-0.2, 0) is 38.8 Å². The van der Waals surface area contributed by atoms with Crippen LogP contribution in [0.5, 0.6) is 0 Å². The Kier molecular flexibility index (Phi) is 12.8. The minimum absolute atomic E-state index is 0.00502. The number of rotatable bonds is 14. The van der Waals surface area contributed by atoms with E-state index in [0.29, 0.717) is 24.3 Å². The van der Waals surface area contributed by atoms with Gasteiger partial charge in [0.25, 0.3) is 0 Å². The number of nitrogen functional groups attached to an aromatic ring is 1. The van der Waals surface area contributed by atoms with Gasteiger partial charge in [0.1, 0.15) is 0 Å². The van der Waals surface area contributed by atoms with Crippen LogP contribution in [0.1, 0.15) is 65.9 Å². The average molecular weight is 692 g/mol. The van der Waals surface area contributed by atoms with E-state index in [1.807, 2.05) is 60.7 Å². The summed E-state index contributed by atoms with van der Waals surface area (Å²) in [5, 5.41) is 15.3. The number of amides is 2. The molecule has 2 fully saturated rings. The van der Waals surface area contributed by atoms with Gasteiger partial charge < -0.3 is 30.9 Å². The zero-order valence-corrected chi connectivity index (χ0v) is 29.1. The number of aliphatic hydroxyl groups excluding tert-OH is 1. The van der Waals surface area contributed by atoms with Crippen molar-refractivity contribution < 1.29 is 24.2 Å².